The third-order valence-electron chi connectivity index (χ3n) is 3.05. The summed E-state index contributed by atoms with van der Waals surface area (Å²) in [4.78, 5) is 23.1. The van der Waals surface area contributed by atoms with Gasteiger partial charge in [0.2, 0.25) is 0 Å². The number of hydrogen-bond donors (Lipinski definition) is 2. The highest BCUT2D eigenvalue weighted by atomic mass is 79.9. The fourth-order valence-electron chi connectivity index (χ4n) is 2.09. The van der Waals surface area contributed by atoms with Crippen LogP contribution in [0.2, 0.25) is 0 Å². The lowest BCUT2D eigenvalue weighted by molar-refractivity contribution is -0.144. The molecule has 1 aromatic rings. The van der Waals surface area contributed by atoms with Crippen molar-refractivity contribution in [2.75, 3.05) is 0 Å². The molecule has 92 valence electrons. The number of hydrogen-bond acceptors (Lipinski definition) is 3. The minimum absolute atomic E-state index is 0.324. The molecule has 1 saturated carbocycles. The summed E-state index contributed by atoms with van der Waals surface area (Å²) < 4.78 is 5.39. The summed E-state index contributed by atoms with van der Waals surface area (Å²) >= 11 is 3.09. The fraction of sp³-hybridized carbons (Fsp3) is 0.455. The third kappa shape index (κ3) is 2.36. The Balaban J connectivity index is 2.14. The van der Waals surface area contributed by atoms with E-state index in [9.17, 15) is 14.7 Å². The van der Waals surface area contributed by atoms with E-state index in [1.54, 1.807) is 0 Å². The molecule has 1 amide bonds. The van der Waals surface area contributed by atoms with E-state index in [0.717, 1.165) is 12.8 Å². The smallest absolute Gasteiger partial charge is 0.329 e. The van der Waals surface area contributed by atoms with Gasteiger partial charge < -0.3 is 14.8 Å². The standard InChI is InChI=1S/C11H12BrNO4/c12-8-5-7(6-17-8)9(14)13-11(10(15)16)3-1-2-4-11/h5-6H,1-4H2,(H,13,14)(H,15,16). The van der Waals surface area contributed by atoms with Crippen molar-refractivity contribution in [3.05, 3.63) is 22.6 Å². The van der Waals surface area contributed by atoms with Crippen LogP contribution in [0, 0.1) is 0 Å². The van der Waals surface area contributed by atoms with Gasteiger partial charge in [-0.25, -0.2) is 4.79 Å². The van der Waals surface area contributed by atoms with E-state index in [4.69, 9.17) is 4.42 Å². The first-order chi connectivity index (χ1) is 8.03. The minimum Gasteiger partial charge on any atom is -0.480 e. The molecule has 0 unspecified atom stereocenters. The SMILES string of the molecule is O=C(NC1(C(=O)O)CCCC1)c1coc(Br)c1. The zero-order valence-electron chi connectivity index (χ0n) is 9.03. The molecule has 1 aliphatic carbocycles. The van der Waals surface area contributed by atoms with E-state index in [1.807, 2.05) is 0 Å². The molecule has 0 atom stereocenters. The van der Waals surface area contributed by atoms with Crippen LogP contribution in [0.4, 0.5) is 0 Å². The topological polar surface area (TPSA) is 79.5 Å². The lowest BCUT2D eigenvalue weighted by Gasteiger charge is -2.24. The molecule has 1 aromatic heterocycles. The zero-order valence-corrected chi connectivity index (χ0v) is 10.6. The number of carboxylic acids is 1. The van der Waals surface area contributed by atoms with Crippen LogP contribution < -0.4 is 5.32 Å². The largest absolute Gasteiger partial charge is 0.480 e. The summed E-state index contributed by atoms with van der Waals surface area (Å²) in [6, 6.07) is 1.51. The normalized spacial score (nSPS) is 17.9. The number of amides is 1. The molecule has 1 fully saturated rings. The van der Waals surface area contributed by atoms with Crippen molar-refractivity contribution in [1.82, 2.24) is 5.32 Å². The molecule has 2 N–H and O–H groups in total. The number of rotatable bonds is 3. The van der Waals surface area contributed by atoms with Gasteiger partial charge in [0.05, 0.1) is 5.56 Å². The summed E-state index contributed by atoms with van der Waals surface area (Å²) in [5, 5.41) is 11.8. The molecule has 2 rings (SSSR count). The van der Waals surface area contributed by atoms with E-state index in [1.165, 1.54) is 12.3 Å². The van der Waals surface area contributed by atoms with Crippen molar-refractivity contribution >= 4 is 27.8 Å². The fourth-order valence-corrected chi connectivity index (χ4v) is 2.43. The van der Waals surface area contributed by atoms with Crippen molar-refractivity contribution in [2.45, 2.75) is 31.2 Å². The van der Waals surface area contributed by atoms with Crippen LogP contribution in [-0.4, -0.2) is 22.5 Å². The second kappa shape index (κ2) is 4.52. The number of furan rings is 1. The summed E-state index contributed by atoms with van der Waals surface area (Å²) in [6.45, 7) is 0. The van der Waals surface area contributed by atoms with E-state index in [-0.39, 0.29) is 0 Å². The molecule has 0 spiro atoms. The second-order valence-electron chi connectivity index (χ2n) is 4.19. The Kier molecular flexibility index (Phi) is 3.24. The first kappa shape index (κ1) is 12.2. The van der Waals surface area contributed by atoms with Crippen molar-refractivity contribution in [2.24, 2.45) is 0 Å². The molecular weight excluding hydrogens is 290 g/mol. The third-order valence-corrected chi connectivity index (χ3v) is 3.46. The van der Waals surface area contributed by atoms with Gasteiger partial charge in [0.1, 0.15) is 11.8 Å². The van der Waals surface area contributed by atoms with Crippen molar-refractivity contribution in [1.29, 1.82) is 0 Å². The van der Waals surface area contributed by atoms with Crippen LogP contribution in [0.3, 0.4) is 0 Å². The van der Waals surface area contributed by atoms with Crippen LogP contribution in [0.15, 0.2) is 21.4 Å². The zero-order chi connectivity index (χ0) is 12.5. The molecule has 5 nitrogen and oxygen atoms in total. The van der Waals surface area contributed by atoms with Crippen LogP contribution >= 0.6 is 15.9 Å². The number of nitrogens with one attached hydrogen (secondary N) is 1. The average molecular weight is 302 g/mol. The Morgan fingerprint density at radius 2 is 2.06 bits per heavy atom. The molecule has 0 saturated heterocycles. The van der Waals surface area contributed by atoms with Gasteiger partial charge in [-0.05, 0) is 28.8 Å². The van der Waals surface area contributed by atoms with Crippen LogP contribution in [-0.2, 0) is 4.79 Å². The molecule has 17 heavy (non-hydrogen) atoms. The van der Waals surface area contributed by atoms with Gasteiger partial charge in [-0.3, -0.25) is 4.79 Å². The van der Waals surface area contributed by atoms with Gasteiger partial charge in [-0.1, -0.05) is 12.8 Å². The number of carbonyl (C=O) groups is 2. The number of aliphatic carboxylic acids is 1. The van der Waals surface area contributed by atoms with E-state index in [2.05, 4.69) is 21.2 Å². The predicted octanol–water partition coefficient (Wildman–Crippen LogP) is 2.17. The molecule has 1 heterocycles. The van der Waals surface area contributed by atoms with E-state index in [0.29, 0.717) is 23.1 Å². The maximum Gasteiger partial charge on any atom is 0.329 e. The molecule has 0 aliphatic heterocycles. The molecular formula is C11H12BrNO4. The molecule has 0 bridgehead atoms. The predicted molar refractivity (Wildman–Crippen MR) is 62.7 cm³/mol. The summed E-state index contributed by atoms with van der Waals surface area (Å²) in [5.41, 5.74) is -0.787. The van der Waals surface area contributed by atoms with Crippen LogP contribution in [0.1, 0.15) is 36.0 Å². The van der Waals surface area contributed by atoms with Crippen molar-refractivity contribution < 1.29 is 19.1 Å². The van der Waals surface area contributed by atoms with Gasteiger partial charge in [-0.2, -0.15) is 0 Å². The number of halogens is 1. The monoisotopic (exact) mass is 301 g/mol. The molecule has 0 radical (unpaired) electrons. The Morgan fingerprint density at radius 3 is 2.53 bits per heavy atom. The second-order valence-corrected chi connectivity index (χ2v) is 4.97. The van der Waals surface area contributed by atoms with Gasteiger partial charge in [-0.15, -0.1) is 0 Å². The summed E-state index contributed by atoms with van der Waals surface area (Å²) in [5.74, 6) is -1.38. The first-order valence-corrected chi connectivity index (χ1v) is 6.13. The lowest BCUT2D eigenvalue weighted by Crippen LogP contribution is -2.52. The van der Waals surface area contributed by atoms with Crippen LogP contribution in [0.5, 0.6) is 0 Å². The van der Waals surface area contributed by atoms with Crippen molar-refractivity contribution in [3.8, 4) is 0 Å². The van der Waals surface area contributed by atoms with Gasteiger partial charge in [0, 0.05) is 6.07 Å². The Bertz CT molecular complexity index is 448. The van der Waals surface area contributed by atoms with E-state index < -0.39 is 17.4 Å². The maximum atomic E-state index is 11.9. The quantitative estimate of drug-likeness (QED) is 0.897. The maximum absolute atomic E-state index is 11.9. The lowest BCUT2D eigenvalue weighted by atomic mass is 9.97. The Labute approximate surface area is 106 Å². The number of carbonyl (C=O) groups excluding carboxylic acids is 1. The Morgan fingerprint density at radius 1 is 1.41 bits per heavy atom. The Hall–Kier alpha value is -1.30. The van der Waals surface area contributed by atoms with E-state index >= 15 is 0 Å². The highest BCUT2D eigenvalue weighted by Gasteiger charge is 2.42. The minimum atomic E-state index is -1.11. The summed E-state index contributed by atoms with van der Waals surface area (Å²) in [7, 11) is 0. The van der Waals surface area contributed by atoms with Gasteiger partial charge in [0.15, 0.2) is 4.67 Å². The molecule has 6 heteroatoms. The average Bonchev–Trinajstić information content (AvgIpc) is 2.87. The molecule has 1 aliphatic rings. The first-order valence-electron chi connectivity index (χ1n) is 5.33. The van der Waals surface area contributed by atoms with Crippen molar-refractivity contribution in [3.63, 3.8) is 0 Å². The summed E-state index contributed by atoms with van der Waals surface area (Å²) in [6.07, 6.45) is 3.90. The van der Waals surface area contributed by atoms with Crippen LogP contribution in [0.25, 0.3) is 0 Å². The number of carboxylic acid groups (broad SMARTS) is 1. The van der Waals surface area contributed by atoms with Gasteiger partial charge >= 0.3 is 5.97 Å². The molecule has 0 aromatic carbocycles. The van der Waals surface area contributed by atoms with Gasteiger partial charge in [0.25, 0.3) is 5.91 Å². The highest BCUT2D eigenvalue weighted by molar-refractivity contribution is 9.10. The highest BCUT2D eigenvalue weighted by Crippen LogP contribution is 2.30.